The minimum Gasteiger partial charge on any atom is -0.385 e. The van der Waals surface area contributed by atoms with Crippen molar-refractivity contribution in [2.75, 3.05) is 30.7 Å². The molecule has 2 aromatic heterocycles. The molecule has 0 aliphatic carbocycles. The molecule has 13 atom stereocenters. The van der Waals surface area contributed by atoms with Crippen molar-refractivity contribution >= 4 is 38.3 Å². The largest absolute Gasteiger partial charge is 0.488 e. The van der Waals surface area contributed by atoms with Crippen LogP contribution in [0.25, 0.3) is 11.2 Å². The monoisotopic (exact) mass is 747 g/mol. The van der Waals surface area contributed by atoms with Crippen molar-refractivity contribution < 1.29 is 23.8 Å². The summed E-state index contributed by atoms with van der Waals surface area (Å²) in [5.41, 5.74) is 7.03. The van der Waals surface area contributed by atoms with Crippen LogP contribution in [0.1, 0.15) is 121 Å². The Morgan fingerprint density at radius 1 is 0.942 bits per heavy atom. The highest BCUT2D eigenvalue weighted by Crippen LogP contribution is 2.58. The van der Waals surface area contributed by atoms with Crippen LogP contribution in [0.5, 0.6) is 0 Å². The van der Waals surface area contributed by atoms with Gasteiger partial charge in [0.05, 0.1) is 0 Å². The van der Waals surface area contributed by atoms with Crippen LogP contribution in [0.3, 0.4) is 0 Å². The fraction of sp³-hybridized carbons (Fsp3) is 0.868. The first kappa shape index (κ1) is 43.1. The zero-order valence-electron chi connectivity index (χ0n) is 33.9. The lowest BCUT2D eigenvalue weighted by molar-refractivity contribution is -0.0597. The number of nitrogens with zero attached hydrogens (tertiary/aromatic N) is 4. The van der Waals surface area contributed by atoms with Crippen molar-refractivity contribution in [2.45, 2.75) is 145 Å². The maximum absolute atomic E-state index is 11.2. The van der Waals surface area contributed by atoms with E-state index in [0.29, 0.717) is 71.0 Å². The summed E-state index contributed by atoms with van der Waals surface area (Å²) in [6.45, 7) is 28.5. The molecular weight excluding hydrogens is 676 g/mol. The fourth-order valence-corrected chi connectivity index (χ4v) is 9.59. The molecule has 6 N–H and O–H groups in total. The molecule has 2 aliphatic rings. The number of aliphatic hydroxyl groups excluding tert-OH is 1. The Balaban J connectivity index is 1.36. The predicted molar refractivity (Wildman–Crippen MR) is 213 cm³/mol. The number of unbranched alkanes of at least 4 members (excludes halogenated alkanes) is 3. The molecule has 294 valence electrons. The summed E-state index contributed by atoms with van der Waals surface area (Å²) < 4.78 is 18.6. The summed E-state index contributed by atoms with van der Waals surface area (Å²) in [6, 6.07) is 0. The van der Waals surface area contributed by atoms with E-state index in [1.165, 1.54) is 19.2 Å². The lowest BCUT2D eigenvalue weighted by Gasteiger charge is -2.50. The smallest absolute Gasteiger partial charge is 0.385 e. The summed E-state index contributed by atoms with van der Waals surface area (Å²) in [7, 11) is 2.20. The van der Waals surface area contributed by atoms with E-state index >= 15 is 0 Å². The molecule has 2 radical (unpaired) electrons. The van der Waals surface area contributed by atoms with Crippen molar-refractivity contribution in [1.82, 2.24) is 24.8 Å². The van der Waals surface area contributed by atoms with E-state index in [2.05, 4.69) is 96.8 Å². The second-order valence-corrected chi connectivity index (χ2v) is 18.2. The second-order valence-electron chi connectivity index (χ2n) is 16.6. The third-order valence-electron chi connectivity index (χ3n) is 13.9. The van der Waals surface area contributed by atoms with E-state index in [1.54, 1.807) is 4.57 Å². The number of anilines is 2. The van der Waals surface area contributed by atoms with Crippen LogP contribution in [0.15, 0.2) is 6.33 Å². The van der Waals surface area contributed by atoms with E-state index in [9.17, 15) is 10.00 Å². The average Bonchev–Trinajstić information content (AvgIpc) is 3.65. The number of nitrogens with one attached hydrogen (secondary N) is 2. The first-order valence-corrected chi connectivity index (χ1v) is 21.7. The summed E-state index contributed by atoms with van der Waals surface area (Å²) >= 11 is 0. The van der Waals surface area contributed by atoms with Gasteiger partial charge in [-0.1, -0.05) is 94.9 Å². The molecule has 0 amide bonds. The maximum atomic E-state index is 11.2. The Labute approximate surface area is 315 Å². The average molecular weight is 747 g/mol. The number of nitrogens with two attached hydrogens (primary N) is 1. The Bertz CT molecular complexity index is 1390. The molecule has 2 aliphatic heterocycles. The topological polar surface area (TPSA) is 162 Å². The van der Waals surface area contributed by atoms with Crippen molar-refractivity contribution in [3.63, 3.8) is 0 Å². The fourth-order valence-electron chi connectivity index (χ4n) is 8.56. The number of imidazole rings is 1. The lowest BCUT2D eigenvalue weighted by atomic mass is 9.61. The highest BCUT2D eigenvalue weighted by molar-refractivity contribution is 7.85. The SMILES string of the molecule is [B][P+]1(O)OC[C@H]2O[C@@H](n3c(NCCCCCCNC(C)(C(C)C(C)C(C)C(C)CC)C(C)C(C)C(C)C(C)CC)nc4c(N)ncnc43)[C@@H](O)[C@H]2O1. The van der Waals surface area contributed by atoms with Gasteiger partial charge >= 0.3 is 15.4 Å². The highest BCUT2D eigenvalue weighted by atomic mass is 31.2. The normalized spacial score (nSPS) is 29.4. The first-order valence-electron chi connectivity index (χ1n) is 20.0. The molecule has 52 heavy (non-hydrogen) atoms. The van der Waals surface area contributed by atoms with Gasteiger partial charge in [0.25, 0.3) is 0 Å². The van der Waals surface area contributed by atoms with Gasteiger partial charge in [0.2, 0.25) is 5.95 Å². The number of fused-ring (bicyclic) bond motifs is 2. The maximum Gasteiger partial charge on any atom is 0.488 e. The highest BCUT2D eigenvalue weighted by Gasteiger charge is 2.57. The zero-order valence-corrected chi connectivity index (χ0v) is 34.8. The van der Waals surface area contributed by atoms with Gasteiger partial charge < -0.3 is 26.2 Å². The Hall–Kier alpha value is -1.60. The van der Waals surface area contributed by atoms with Gasteiger partial charge in [-0.25, -0.2) is 19.8 Å². The van der Waals surface area contributed by atoms with Gasteiger partial charge in [0, 0.05) is 12.1 Å². The molecule has 0 saturated carbocycles. The van der Waals surface area contributed by atoms with Crippen molar-refractivity contribution in [1.29, 1.82) is 0 Å². The first-order chi connectivity index (χ1) is 24.5. The Morgan fingerprint density at radius 2 is 1.52 bits per heavy atom. The van der Waals surface area contributed by atoms with Gasteiger partial charge in [-0.15, -0.1) is 0 Å². The van der Waals surface area contributed by atoms with Crippen LogP contribution >= 0.6 is 7.82 Å². The number of aromatic nitrogens is 4. The van der Waals surface area contributed by atoms with Gasteiger partial charge in [-0.05, 0) is 73.7 Å². The molecule has 2 saturated heterocycles. The molecule has 4 heterocycles. The third-order valence-corrected chi connectivity index (χ3v) is 14.9. The van der Waals surface area contributed by atoms with Crippen LogP contribution in [-0.4, -0.2) is 80.6 Å². The quantitative estimate of drug-likeness (QED) is 0.0532. The predicted octanol–water partition coefficient (Wildman–Crippen LogP) is 7.15. The van der Waals surface area contributed by atoms with Crippen molar-refractivity contribution in [3.05, 3.63) is 6.33 Å². The number of rotatable bonds is 20. The summed E-state index contributed by atoms with van der Waals surface area (Å²) in [6.07, 6.45) is 4.47. The standard InChI is InChI=1S/C38H70BN7O5P/c1-12-22(3)24(5)26(7)28(9)38(11,29(10)27(8)25(6)23(4)13-2)44-19-17-15-14-16-18-41-37-45-31-34(40)42-21-43-35(31)46(37)36-32(47)33-30(50-36)20-49-52(39,48)51-33/h21-30,32-33,36,44,47-48H,12-20H2,1-11H3,(H,41,45)(H2,40,42,43)/q+1/t22?,23?,24?,25?,26?,27?,28?,29?,30-,32+,33+,36-,38?,52?/m1/s1. The molecule has 2 fully saturated rings. The zero-order chi connectivity index (χ0) is 38.5. The number of aliphatic hydroxyl groups is 1. The van der Waals surface area contributed by atoms with Crippen LogP contribution in [0, 0.1) is 47.3 Å². The Kier molecular flexibility index (Phi) is 15.2. The van der Waals surface area contributed by atoms with Crippen LogP contribution in [0.2, 0.25) is 0 Å². The number of hydrogen-bond acceptors (Lipinski definition) is 11. The van der Waals surface area contributed by atoms with Crippen LogP contribution in [-0.2, 0) is 13.8 Å². The lowest BCUT2D eigenvalue weighted by Crippen LogP contribution is -2.57. The Morgan fingerprint density at radius 3 is 2.10 bits per heavy atom. The minimum atomic E-state index is -3.53. The molecule has 0 spiro atoms. The van der Waals surface area contributed by atoms with E-state index < -0.39 is 32.4 Å². The third kappa shape index (κ3) is 9.43. The van der Waals surface area contributed by atoms with Crippen LogP contribution in [0.4, 0.5) is 11.8 Å². The molecule has 0 bridgehead atoms. The molecule has 4 rings (SSSR count). The van der Waals surface area contributed by atoms with Gasteiger partial charge in [-0.3, -0.25) is 4.57 Å². The van der Waals surface area contributed by atoms with Gasteiger partial charge in [0.15, 0.2) is 29.3 Å². The molecule has 9 unspecified atom stereocenters. The van der Waals surface area contributed by atoms with Gasteiger partial charge in [-0.2, -0.15) is 9.05 Å². The summed E-state index contributed by atoms with van der Waals surface area (Å²) in [4.78, 5) is 23.4. The van der Waals surface area contributed by atoms with E-state index in [4.69, 9.17) is 32.1 Å². The molecule has 0 aromatic carbocycles. The van der Waals surface area contributed by atoms with E-state index in [-0.39, 0.29) is 18.0 Å². The number of nitrogen functional groups attached to an aromatic ring is 1. The molecule has 14 heteroatoms. The second kappa shape index (κ2) is 18.4. The van der Waals surface area contributed by atoms with Gasteiger partial charge in [0.1, 0.15) is 25.1 Å². The number of ether oxygens (including phenoxy) is 1. The molecule has 12 nitrogen and oxygen atoms in total. The molecule has 2 aromatic rings. The summed E-state index contributed by atoms with van der Waals surface area (Å²) in [5, 5.41) is 18.8. The number of hydrogen-bond donors (Lipinski definition) is 5. The molecular formula is C38H70BN7O5P+. The van der Waals surface area contributed by atoms with E-state index in [1.807, 2.05) is 0 Å². The summed E-state index contributed by atoms with van der Waals surface area (Å²) in [5.74, 6) is 5.75. The van der Waals surface area contributed by atoms with Crippen molar-refractivity contribution in [2.24, 2.45) is 47.3 Å². The van der Waals surface area contributed by atoms with Crippen molar-refractivity contribution in [3.8, 4) is 0 Å². The minimum absolute atomic E-state index is 0.00374. The van der Waals surface area contributed by atoms with E-state index in [0.717, 1.165) is 32.2 Å². The van der Waals surface area contributed by atoms with Crippen LogP contribution < -0.4 is 16.4 Å².